The highest BCUT2D eigenvalue weighted by molar-refractivity contribution is 4.95. The summed E-state index contributed by atoms with van der Waals surface area (Å²) in [4.78, 5) is 0. The maximum atomic E-state index is 11.0. The van der Waals surface area contributed by atoms with E-state index in [4.69, 9.17) is 28.4 Å². The molecule has 8 N–H and O–H groups in total. The minimum atomic E-state index is -1.68. The van der Waals surface area contributed by atoms with Crippen molar-refractivity contribution in [3.05, 3.63) is 0 Å². The Kier molecular flexibility index (Phi) is 9.02. The fourth-order valence-corrected chi connectivity index (χ4v) is 4.11. The maximum absolute atomic E-state index is 11.0. The summed E-state index contributed by atoms with van der Waals surface area (Å²) in [5.41, 5.74) is 0. The lowest BCUT2D eigenvalue weighted by Gasteiger charge is -2.48. The summed E-state index contributed by atoms with van der Waals surface area (Å²) in [5.74, 6) is 0. The Bertz CT molecular complexity index is 575. The normalized spacial score (nSPS) is 53.7. The van der Waals surface area contributed by atoms with Crippen LogP contribution in [0.15, 0.2) is 0 Å². The van der Waals surface area contributed by atoms with Gasteiger partial charge in [-0.05, 0) is 13.8 Å². The van der Waals surface area contributed by atoms with Gasteiger partial charge in [-0.25, -0.2) is 0 Å². The molecular formula is C19H34O14. The molecule has 194 valence electrons. The molecule has 3 heterocycles. The molecule has 3 rings (SSSR count). The van der Waals surface area contributed by atoms with Crippen LogP contribution in [0.1, 0.15) is 13.8 Å². The van der Waals surface area contributed by atoms with Crippen molar-refractivity contribution < 1.29 is 69.3 Å². The molecule has 0 amide bonds. The molecular weight excluding hydrogens is 452 g/mol. The van der Waals surface area contributed by atoms with E-state index in [0.717, 1.165) is 0 Å². The van der Waals surface area contributed by atoms with Crippen LogP contribution in [-0.4, -0.2) is 147 Å². The first-order valence-corrected chi connectivity index (χ1v) is 10.7. The molecule has 0 saturated carbocycles. The zero-order valence-electron chi connectivity index (χ0n) is 18.4. The largest absolute Gasteiger partial charge is 0.394 e. The van der Waals surface area contributed by atoms with Gasteiger partial charge in [-0.15, -0.1) is 0 Å². The number of aliphatic hydroxyl groups excluding tert-OH is 8. The molecule has 14 nitrogen and oxygen atoms in total. The van der Waals surface area contributed by atoms with Crippen molar-refractivity contribution in [2.45, 2.75) is 106 Å². The van der Waals surface area contributed by atoms with Crippen molar-refractivity contribution in [3.63, 3.8) is 0 Å². The molecule has 0 aromatic heterocycles. The van der Waals surface area contributed by atoms with Crippen LogP contribution in [-0.2, 0) is 28.4 Å². The molecule has 0 unspecified atom stereocenters. The first-order chi connectivity index (χ1) is 15.5. The molecule has 14 heteroatoms. The van der Waals surface area contributed by atoms with Gasteiger partial charge in [0.05, 0.1) is 18.8 Å². The molecule has 0 aliphatic carbocycles. The predicted molar refractivity (Wildman–Crippen MR) is 103 cm³/mol. The van der Waals surface area contributed by atoms with E-state index in [-0.39, 0.29) is 0 Å². The van der Waals surface area contributed by atoms with E-state index in [1.54, 1.807) is 0 Å². The van der Waals surface area contributed by atoms with Gasteiger partial charge in [-0.3, -0.25) is 0 Å². The van der Waals surface area contributed by atoms with Crippen LogP contribution >= 0.6 is 0 Å². The summed E-state index contributed by atoms with van der Waals surface area (Å²) < 4.78 is 32.9. The Morgan fingerprint density at radius 3 is 1.45 bits per heavy atom. The SMILES string of the molecule is CO[C@@H]1O[C@H](CO)[C@@H](O[C@@H]2O[C@@H](C)[C@H](O)[C@@H](O)[C@H]2O)[C@H](O)[C@H]1O[C@@H]1O[C@@H](C)[C@H](O)[C@@H](O)[C@H]1O. The summed E-state index contributed by atoms with van der Waals surface area (Å²) in [7, 11) is 1.25. The van der Waals surface area contributed by atoms with Crippen molar-refractivity contribution in [2.24, 2.45) is 0 Å². The van der Waals surface area contributed by atoms with Crippen molar-refractivity contribution >= 4 is 0 Å². The molecule has 15 atom stereocenters. The molecule has 3 aliphatic heterocycles. The highest BCUT2D eigenvalue weighted by Crippen LogP contribution is 2.32. The van der Waals surface area contributed by atoms with Gasteiger partial charge >= 0.3 is 0 Å². The monoisotopic (exact) mass is 486 g/mol. The second kappa shape index (κ2) is 11.0. The van der Waals surface area contributed by atoms with Gasteiger partial charge in [0.2, 0.25) is 0 Å². The molecule has 0 radical (unpaired) electrons. The Hall–Kier alpha value is -0.560. The third-order valence-electron chi connectivity index (χ3n) is 6.23. The van der Waals surface area contributed by atoms with E-state index in [9.17, 15) is 40.9 Å². The Labute approximate surface area is 189 Å². The molecule has 0 bridgehead atoms. The number of hydrogen-bond donors (Lipinski definition) is 8. The molecule has 3 fully saturated rings. The van der Waals surface area contributed by atoms with Crippen molar-refractivity contribution in [1.29, 1.82) is 0 Å². The van der Waals surface area contributed by atoms with Crippen LogP contribution in [0, 0.1) is 0 Å². The number of methoxy groups -OCH3 is 1. The third kappa shape index (κ3) is 5.34. The maximum Gasteiger partial charge on any atom is 0.187 e. The van der Waals surface area contributed by atoms with E-state index < -0.39 is 98.7 Å². The van der Waals surface area contributed by atoms with E-state index in [2.05, 4.69) is 0 Å². The van der Waals surface area contributed by atoms with Crippen LogP contribution in [0.2, 0.25) is 0 Å². The third-order valence-corrected chi connectivity index (χ3v) is 6.23. The quantitative estimate of drug-likeness (QED) is 0.177. The van der Waals surface area contributed by atoms with Crippen LogP contribution in [0.3, 0.4) is 0 Å². The second-order valence-corrected chi connectivity index (χ2v) is 8.52. The minimum Gasteiger partial charge on any atom is -0.394 e. The number of rotatable bonds is 6. The molecule has 0 spiro atoms. The lowest BCUT2D eigenvalue weighted by atomic mass is 9.96. The Balaban J connectivity index is 1.78. The number of hydrogen-bond acceptors (Lipinski definition) is 14. The van der Waals surface area contributed by atoms with Crippen molar-refractivity contribution in [2.75, 3.05) is 13.7 Å². The summed E-state index contributed by atoms with van der Waals surface area (Å²) in [5, 5.41) is 81.0. The molecule has 3 saturated heterocycles. The molecule has 0 aromatic rings. The Morgan fingerprint density at radius 2 is 1.03 bits per heavy atom. The standard InChI is InChI=1S/C19H34O14/c1-5-8(21)10(23)12(25)17(29-5)32-15-7(4-20)31-19(28-3)16(14(15)27)33-18-13(26)11(24)9(22)6(2)30-18/h5-27H,4H2,1-3H3/t5-,6-,7+,8-,9-,10+,11+,12+,13+,14-,15+,16+,17-,18-,19+/m0/s1. The lowest BCUT2D eigenvalue weighted by Crippen LogP contribution is -2.66. The minimum absolute atomic E-state index is 0.637. The fourth-order valence-electron chi connectivity index (χ4n) is 4.11. The lowest BCUT2D eigenvalue weighted by molar-refractivity contribution is -0.382. The highest BCUT2D eigenvalue weighted by atomic mass is 16.8. The second-order valence-electron chi connectivity index (χ2n) is 8.52. The van der Waals surface area contributed by atoms with Gasteiger partial charge in [0, 0.05) is 7.11 Å². The van der Waals surface area contributed by atoms with E-state index in [1.165, 1.54) is 21.0 Å². The molecule has 3 aliphatic rings. The van der Waals surface area contributed by atoms with Gasteiger partial charge in [0.1, 0.15) is 61.0 Å². The number of ether oxygens (including phenoxy) is 6. The Morgan fingerprint density at radius 1 is 0.576 bits per heavy atom. The predicted octanol–water partition coefficient (Wildman–Crippen LogP) is -4.86. The van der Waals surface area contributed by atoms with Crippen LogP contribution < -0.4 is 0 Å². The van der Waals surface area contributed by atoms with Gasteiger partial charge in [0.15, 0.2) is 18.9 Å². The van der Waals surface area contributed by atoms with Crippen molar-refractivity contribution in [3.8, 4) is 0 Å². The average Bonchev–Trinajstić information content (AvgIpc) is 2.80. The summed E-state index contributed by atoms with van der Waals surface area (Å²) in [6.07, 6.45) is -20.9. The topological polar surface area (TPSA) is 217 Å². The van der Waals surface area contributed by atoms with E-state index in [1.807, 2.05) is 0 Å². The highest BCUT2D eigenvalue weighted by Gasteiger charge is 2.53. The zero-order valence-corrected chi connectivity index (χ0v) is 18.4. The first kappa shape index (κ1) is 27.0. The summed E-state index contributed by atoms with van der Waals surface area (Å²) in [6.45, 7) is 2.26. The first-order valence-electron chi connectivity index (χ1n) is 10.7. The van der Waals surface area contributed by atoms with Crippen LogP contribution in [0.4, 0.5) is 0 Å². The number of aliphatic hydroxyl groups is 8. The summed E-state index contributed by atoms with van der Waals surface area (Å²) in [6, 6.07) is 0. The van der Waals surface area contributed by atoms with Crippen LogP contribution in [0.5, 0.6) is 0 Å². The van der Waals surface area contributed by atoms with Gasteiger partial charge in [0.25, 0.3) is 0 Å². The zero-order chi connectivity index (χ0) is 24.6. The smallest absolute Gasteiger partial charge is 0.187 e. The molecule has 33 heavy (non-hydrogen) atoms. The molecule has 0 aromatic carbocycles. The average molecular weight is 486 g/mol. The van der Waals surface area contributed by atoms with Gasteiger partial charge < -0.3 is 69.3 Å². The van der Waals surface area contributed by atoms with Crippen LogP contribution in [0.25, 0.3) is 0 Å². The summed E-state index contributed by atoms with van der Waals surface area (Å²) >= 11 is 0. The fraction of sp³-hybridized carbons (Fsp3) is 1.00. The van der Waals surface area contributed by atoms with Gasteiger partial charge in [-0.2, -0.15) is 0 Å². The van der Waals surface area contributed by atoms with Gasteiger partial charge in [-0.1, -0.05) is 0 Å². The van der Waals surface area contributed by atoms with Crippen molar-refractivity contribution in [1.82, 2.24) is 0 Å². The van der Waals surface area contributed by atoms with E-state index in [0.29, 0.717) is 0 Å². The van der Waals surface area contributed by atoms with E-state index >= 15 is 0 Å².